The maximum absolute atomic E-state index is 13.2. The molecular weight excluding hydrogens is 366 g/mol. The largest absolute Gasteiger partial charge is 0.490 e. The molecule has 1 aliphatic heterocycles. The highest BCUT2D eigenvalue weighted by atomic mass is 32.1. The molecule has 0 N–H and O–H groups in total. The van der Waals surface area contributed by atoms with Gasteiger partial charge >= 0.3 is 0 Å². The molecule has 0 radical (unpaired) electrons. The summed E-state index contributed by atoms with van der Waals surface area (Å²) in [6, 6.07) is 5.13. The van der Waals surface area contributed by atoms with Gasteiger partial charge in [-0.05, 0) is 38.5 Å². The molecule has 0 unspecified atom stereocenters. The van der Waals surface area contributed by atoms with E-state index < -0.39 is 0 Å². The van der Waals surface area contributed by atoms with Gasteiger partial charge in [-0.3, -0.25) is 14.5 Å². The second-order valence-electron chi connectivity index (χ2n) is 5.98. The van der Waals surface area contributed by atoms with Crippen molar-refractivity contribution in [1.29, 1.82) is 0 Å². The molecule has 27 heavy (non-hydrogen) atoms. The second-order valence-corrected chi connectivity index (χ2v) is 6.85. The number of aromatic nitrogens is 1. The molecule has 0 bridgehead atoms. The highest BCUT2D eigenvalue weighted by Crippen LogP contribution is 2.30. The molecule has 2 aromatic rings. The van der Waals surface area contributed by atoms with Crippen LogP contribution in [0.4, 0.5) is 5.13 Å². The first-order chi connectivity index (χ1) is 13.1. The summed E-state index contributed by atoms with van der Waals surface area (Å²) in [5.74, 6) is 0.965. The predicted octanol–water partition coefficient (Wildman–Crippen LogP) is 3.17. The Morgan fingerprint density at radius 3 is 2.67 bits per heavy atom. The van der Waals surface area contributed by atoms with Crippen molar-refractivity contribution in [3.63, 3.8) is 0 Å². The van der Waals surface area contributed by atoms with Gasteiger partial charge < -0.3 is 14.4 Å². The Morgan fingerprint density at radius 1 is 1.26 bits per heavy atom. The van der Waals surface area contributed by atoms with Crippen molar-refractivity contribution >= 4 is 28.3 Å². The first-order valence-electron chi connectivity index (χ1n) is 9.02. The highest BCUT2D eigenvalue weighted by Gasteiger charge is 2.28. The third kappa shape index (κ3) is 4.39. The SMILES string of the molecule is CCOc1ccc(C(=O)N(CN2CCCC2=O)c2nccs2)cc1OCC. The van der Waals surface area contributed by atoms with E-state index in [1.54, 1.807) is 34.2 Å². The van der Waals surface area contributed by atoms with Crippen molar-refractivity contribution in [3.8, 4) is 11.5 Å². The van der Waals surface area contributed by atoms with E-state index in [0.29, 0.717) is 48.4 Å². The van der Waals surface area contributed by atoms with Crippen LogP contribution in [0.1, 0.15) is 37.0 Å². The first kappa shape index (κ1) is 19.2. The number of hydrogen-bond donors (Lipinski definition) is 0. The molecule has 1 aromatic carbocycles. The van der Waals surface area contributed by atoms with E-state index in [0.717, 1.165) is 6.42 Å². The first-order valence-corrected chi connectivity index (χ1v) is 9.90. The van der Waals surface area contributed by atoms with Gasteiger partial charge in [0.2, 0.25) is 5.91 Å². The zero-order valence-corrected chi connectivity index (χ0v) is 16.3. The van der Waals surface area contributed by atoms with Gasteiger partial charge in [-0.15, -0.1) is 11.3 Å². The van der Waals surface area contributed by atoms with Crippen LogP contribution in [0.15, 0.2) is 29.8 Å². The Bertz CT molecular complexity index is 794. The number of carbonyl (C=O) groups is 2. The Kier molecular flexibility index (Phi) is 6.28. The summed E-state index contributed by atoms with van der Waals surface area (Å²) in [7, 11) is 0. The smallest absolute Gasteiger partial charge is 0.261 e. The molecule has 0 atom stereocenters. The Morgan fingerprint density at radius 2 is 2.04 bits per heavy atom. The van der Waals surface area contributed by atoms with Gasteiger partial charge in [0.05, 0.1) is 13.2 Å². The average molecular weight is 389 g/mol. The molecule has 1 saturated heterocycles. The molecule has 2 amide bonds. The predicted molar refractivity (Wildman–Crippen MR) is 104 cm³/mol. The maximum atomic E-state index is 13.2. The van der Waals surface area contributed by atoms with Crippen LogP contribution in [0.3, 0.4) is 0 Å². The normalized spacial score (nSPS) is 13.7. The minimum Gasteiger partial charge on any atom is -0.490 e. The number of ether oxygens (including phenoxy) is 2. The van der Waals surface area contributed by atoms with Gasteiger partial charge in [0.1, 0.15) is 6.67 Å². The summed E-state index contributed by atoms with van der Waals surface area (Å²) < 4.78 is 11.2. The number of hydrogen-bond acceptors (Lipinski definition) is 6. The molecule has 0 spiro atoms. The number of carbonyl (C=O) groups excluding carboxylic acids is 2. The number of benzene rings is 1. The lowest BCUT2D eigenvalue weighted by molar-refractivity contribution is -0.127. The van der Waals surface area contributed by atoms with E-state index in [9.17, 15) is 9.59 Å². The third-order valence-corrected chi connectivity index (χ3v) is 4.96. The maximum Gasteiger partial charge on any atom is 0.261 e. The van der Waals surface area contributed by atoms with Gasteiger partial charge in [-0.2, -0.15) is 0 Å². The number of amides is 2. The Balaban J connectivity index is 1.89. The third-order valence-electron chi connectivity index (χ3n) is 4.17. The van der Waals surface area contributed by atoms with Gasteiger partial charge in [-0.1, -0.05) is 0 Å². The number of likely N-dealkylation sites (tertiary alicyclic amines) is 1. The van der Waals surface area contributed by atoms with E-state index >= 15 is 0 Å². The summed E-state index contributed by atoms with van der Waals surface area (Å²) in [6.07, 6.45) is 2.99. The zero-order chi connectivity index (χ0) is 19.2. The molecule has 1 aromatic heterocycles. The lowest BCUT2D eigenvalue weighted by Gasteiger charge is -2.26. The highest BCUT2D eigenvalue weighted by molar-refractivity contribution is 7.13. The summed E-state index contributed by atoms with van der Waals surface area (Å²) in [4.78, 5) is 32.7. The van der Waals surface area contributed by atoms with E-state index in [-0.39, 0.29) is 18.5 Å². The second kappa shape index (κ2) is 8.85. The fourth-order valence-corrected chi connectivity index (χ4v) is 3.56. The Labute approximate surface area is 162 Å². The monoisotopic (exact) mass is 389 g/mol. The summed E-state index contributed by atoms with van der Waals surface area (Å²) in [6.45, 7) is 5.60. The summed E-state index contributed by atoms with van der Waals surface area (Å²) in [5, 5.41) is 2.37. The minimum atomic E-state index is -0.228. The van der Waals surface area contributed by atoms with E-state index in [2.05, 4.69) is 4.98 Å². The average Bonchev–Trinajstić information content (AvgIpc) is 3.33. The fraction of sp³-hybridized carbons (Fsp3) is 0.421. The van der Waals surface area contributed by atoms with Crippen molar-refractivity contribution in [2.75, 3.05) is 31.3 Å². The van der Waals surface area contributed by atoms with Crippen LogP contribution >= 0.6 is 11.3 Å². The van der Waals surface area contributed by atoms with Crippen molar-refractivity contribution in [2.45, 2.75) is 26.7 Å². The lowest BCUT2D eigenvalue weighted by atomic mass is 10.1. The van der Waals surface area contributed by atoms with Crippen molar-refractivity contribution in [3.05, 3.63) is 35.3 Å². The van der Waals surface area contributed by atoms with E-state index in [1.807, 2.05) is 19.2 Å². The molecular formula is C19H23N3O4S. The van der Waals surface area contributed by atoms with Crippen LogP contribution in [-0.4, -0.2) is 48.1 Å². The number of anilines is 1. The fourth-order valence-electron chi connectivity index (χ4n) is 2.93. The van der Waals surface area contributed by atoms with Gasteiger partial charge in [0.15, 0.2) is 16.6 Å². The van der Waals surface area contributed by atoms with Crippen LogP contribution in [0.5, 0.6) is 11.5 Å². The molecule has 3 rings (SSSR count). The topological polar surface area (TPSA) is 72.0 Å². The molecule has 0 aliphatic carbocycles. The van der Waals surface area contributed by atoms with Crippen molar-refractivity contribution < 1.29 is 19.1 Å². The van der Waals surface area contributed by atoms with Crippen LogP contribution < -0.4 is 14.4 Å². The lowest BCUT2D eigenvalue weighted by Crippen LogP contribution is -2.42. The summed E-state index contributed by atoms with van der Waals surface area (Å²) >= 11 is 1.36. The zero-order valence-electron chi connectivity index (χ0n) is 15.5. The molecule has 144 valence electrons. The van der Waals surface area contributed by atoms with Crippen LogP contribution in [0, 0.1) is 0 Å². The van der Waals surface area contributed by atoms with Crippen LogP contribution in [-0.2, 0) is 4.79 Å². The summed E-state index contributed by atoms with van der Waals surface area (Å²) in [5.41, 5.74) is 0.462. The van der Waals surface area contributed by atoms with Crippen LogP contribution in [0.2, 0.25) is 0 Å². The minimum absolute atomic E-state index is 0.0612. The van der Waals surface area contributed by atoms with Crippen molar-refractivity contribution in [2.24, 2.45) is 0 Å². The Hall–Kier alpha value is -2.61. The molecule has 1 aliphatic rings. The molecule has 1 fully saturated rings. The van der Waals surface area contributed by atoms with E-state index in [4.69, 9.17) is 9.47 Å². The molecule has 2 heterocycles. The number of thiazole rings is 1. The van der Waals surface area contributed by atoms with Gasteiger partial charge in [0, 0.05) is 30.1 Å². The number of nitrogens with zero attached hydrogens (tertiary/aromatic N) is 3. The van der Waals surface area contributed by atoms with Crippen LogP contribution in [0.25, 0.3) is 0 Å². The molecule has 0 saturated carbocycles. The standard InChI is InChI=1S/C19H23N3O4S/c1-3-25-15-8-7-14(12-16(15)26-4-2)18(24)22(19-20-9-11-27-19)13-21-10-5-6-17(21)23/h7-9,11-12H,3-6,10,13H2,1-2H3. The molecule has 8 heteroatoms. The van der Waals surface area contributed by atoms with E-state index in [1.165, 1.54) is 11.3 Å². The van der Waals surface area contributed by atoms with Gasteiger partial charge in [-0.25, -0.2) is 4.98 Å². The van der Waals surface area contributed by atoms with Crippen molar-refractivity contribution in [1.82, 2.24) is 9.88 Å². The molecule has 7 nitrogen and oxygen atoms in total. The quantitative estimate of drug-likeness (QED) is 0.693. The number of rotatable bonds is 8. The van der Waals surface area contributed by atoms with Gasteiger partial charge in [0.25, 0.3) is 5.91 Å².